The van der Waals surface area contributed by atoms with Crippen LogP contribution in [-0.2, 0) is 11.2 Å². The van der Waals surface area contributed by atoms with Gasteiger partial charge in [-0.1, -0.05) is 12.1 Å². The van der Waals surface area contributed by atoms with Gasteiger partial charge in [-0.3, -0.25) is 15.6 Å². The van der Waals surface area contributed by atoms with Crippen LogP contribution in [0.15, 0.2) is 18.2 Å². The average molecular weight is 351 g/mol. The molecule has 6 nitrogen and oxygen atoms in total. The third-order valence-electron chi connectivity index (χ3n) is 3.22. The maximum absolute atomic E-state index is 11.9. The van der Waals surface area contributed by atoms with E-state index in [0.717, 1.165) is 12.0 Å². The van der Waals surface area contributed by atoms with Gasteiger partial charge in [0.05, 0.1) is 0 Å². The zero-order valence-corrected chi connectivity index (χ0v) is 15.6. The van der Waals surface area contributed by atoms with E-state index in [0.29, 0.717) is 16.6 Å². The molecule has 1 heterocycles. The number of ether oxygens (including phenoxy) is 2. The van der Waals surface area contributed by atoms with Crippen molar-refractivity contribution in [2.24, 2.45) is 0 Å². The quantitative estimate of drug-likeness (QED) is 0.572. The van der Waals surface area contributed by atoms with Gasteiger partial charge in [0.25, 0.3) is 5.91 Å². The molecule has 1 amide bonds. The van der Waals surface area contributed by atoms with E-state index in [1.165, 1.54) is 0 Å². The number of amides is 1. The molecule has 0 spiro atoms. The lowest BCUT2D eigenvalue weighted by Crippen LogP contribution is -2.52. The van der Waals surface area contributed by atoms with E-state index in [-0.39, 0.29) is 23.7 Å². The molecule has 0 saturated heterocycles. The van der Waals surface area contributed by atoms with Gasteiger partial charge in [-0.25, -0.2) is 0 Å². The van der Waals surface area contributed by atoms with E-state index in [2.05, 4.69) is 16.2 Å². The molecule has 132 valence electrons. The molecule has 0 saturated carbocycles. The number of para-hydroxylation sites is 1. The number of carbonyl (C=O) groups is 1. The maximum atomic E-state index is 11.9. The SMILES string of the molecule is CC(C)(C)NC(=S)NNC(=O)COc1cccc2c1OC(C)(C)C2. The predicted octanol–water partition coefficient (Wildman–Crippen LogP) is 2.07. The van der Waals surface area contributed by atoms with Crippen LogP contribution in [0.4, 0.5) is 0 Å². The van der Waals surface area contributed by atoms with Gasteiger partial charge in [0.2, 0.25) is 0 Å². The summed E-state index contributed by atoms with van der Waals surface area (Å²) in [6.45, 7) is 9.84. The number of hydrogen-bond donors (Lipinski definition) is 3. The third-order valence-corrected chi connectivity index (χ3v) is 3.42. The molecule has 1 aliphatic rings. The molecular weight excluding hydrogens is 326 g/mol. The molecule has 3 N–H and O–H groups in total. The highest BCUT2D eigenvalue weighted by Gasteiger charge is 2.32. The molecule has 1 aromatic rings. The summed E-state index contributed by atoms with van der Waals surface area (Å²) in [6.07, 6.45) is 0.819. The summed E-state index contributed by atoms with van der Waals surface area (Å²) in [7, 11) is 0. The number of hydrogen-bond acceptors (Lipinski definition) is 4. The Morgan fingerprint density at radius 3 is 2.71 bits per heavy atom. The number of carbonyl (C=O) groups excluding carboxylic acids is 1. The van der Waals surface area contributed by atoms with Crippen molar-refractivity contribution in [1.29, 1.82) is 0 Å². The van der Waals surface area contributed by atoms with E-state index in [4.69, 9.17) is 21.7 Å². The van der Waals surface area contributed by atoms with Crippen LogP contribution in [0.5, 0.6) is 11.5 Å². The first-order valence-electron chi connectivity index (χ1n) is 7.86. The lowest BCUT2D eigenvalue weighted by atomic mass is 10.0. The number of hydrazine groups is 1. The average Bonchev–Trinajstić information content (AvgIpc) is 2.75. The fraction of sp³-hybridized carbons (Fsp3) is 0.529. The summed E-state index contributed by atoms with van der Waals surface area (Å²) in [5, 5.41) is 3.38. The number of nitrogens with one attached hydrogen (secondary N) is 3. The summed E-state index contributed by atoms with van der Waals surface area (Å²) in [5.41, 5.74) is 5.81. The summed E-state index contributed by atoms with van der Waals surface area (Å²) in [4.78, 5) is 11.9. The van der Waals surface area contributed by atoms with Crippen molar-refractivity contribution in [3.8, 4) is 11.5 Å². The largest absolute Gasteiger partial charge is 0.483 e. The second-order valence-corrected chi connectivity index (χ2v) is 7.86. The molecular formula is C17H25N3O3S. The van der Waals surface area contributed by atoms with Crippen LogP contribution < -0.4 is 25.6 Å². The Bertz CT molecular complexity index is 638. The van der Waals surface area contributed by atoms with Gasteiger partial charge in [-0.05, 0) is 52.9 Å². The maximum Gasteiger partial charge on any atom is 0.276 e. The van der Waals surface area contributed by atoms with E-state index >= 15 is 0 Å². The van der Waals surface area contributed by atoms with Gasteiger partial charge in [0, 0.05) is 17.5 Å². The van der Waals surface area contributed by atoms with Crippen molar-refractivity contribution in [2.75, 3.05) is 6.61 Å². The van der Waals surface area contributed by atoms with Gasteiger partial charge >= 0.3 is 0 Å². The highest BCUT2D eigenvalue weighted by molar-refractivity contribution is 7.80. The summed E-state index contributed by atoms with van der Waals surface area (Å²) in [6, 6.07) is 5.71. The Morgan fingerprint density at radius 1 is 1.33 bits per heavy atom. The Kier molecular flexibility index (Phi) is 5.22. The zero-order valence-electron chi connectivity index (χ0n) is 14.8. The van der Waals surface area contributed by atoms with Gasteiger partial charge < -0.3 is 14.8 Å². The van der Waals surface area contributed by atoms with E-state index in [1.54, 1.807) is 6.07 Å². The minimum Gasteiger partial charge on any atom is -0.483 e. The van der Waals surface area contributed by atoms with Crippen LogP contribution in [0.2, 0.25) is 0 Å². The molecule has 1 aromatic carbocycles. The fourth-order valence-corrected chi connectivity index (χ4v) is 2.74. The van der Waals surface area contributed by atoms with E-state index < -0.39 is 0 Å². The van der Waals surface area contributed by atoms with Crippen molar-refractivity contribution >= 4 is 23.2 Å². The second kappa shape index (κ2) is 6.84. The van der Waals surface area contributed by atoms with Crippen molar-refractivity contribution < 1.29 is 14.3 Å². The van der Waals surface area contributed by atoms with Crippen LogP contribution in [0.25, 0.3) is 0 Å². The second-order valence-electron chi connectivity index (χ2n) is 7.45. The Hall–Kier alpha value is -2.02. The third kappa shape index (κ3) is 5.26. The van der Waals surface area contributed by atoms with E-state index in [1.807, 2.05) is 46.8 Å². The van der Waals surface area contributed by atoms with Crippen LogP contribution in [0.3, 0.4) is 0 Å². The molecule has 0 aliphatic carbocycles. The lowest BCUT2D eigenvalue weighted by molar-refractivity contribution is -0.123. The minimum absolute atomic E-state index is 0.134. The predicted molar refractivity (Wildman–Crippen MR) is 97.1 cm³/mol. The first-order valence-corrected chi connectivity index (χ1v) is 8.27. The molecule has 2 rings (SSSR count). The summed E-state index contributed by atoms with van der Waals surface area (Å²) >= 11 is 5.09. The summed E-state index contributed by atoms with van der Waals surface area (Å²) < 4.78 is 11.5. The lowest BCUT2D eigenvalue weighted by Gasteiger charge is -2.23. The van der Waals surface area contributed by atoms with Crippen molar-refractivity contribution in [3.63, 3.8) is 0 Å². The normalized spacial score (nSPS) is 15.0. The molecule has 7 heteroatoms. The van der Waals surface area contributed by atoms with Crippen LogP contribution in [0, 0.1) is 0 Å². The highest BCUT2D eigenvalue weighted by atomic mass is 32.1. The number of benzene rings is 1. The minimum atomic E-state index is -0.331. The fourth-order valence-electron chi connectivity index (χ4n) is 2.38. The topological polar surface area (TPSA) is 71.6 Å². The molecule has 0 unspecified atom stereocenters. The molecule has 0 bridgehead atoms. The zero-order chi connectivity index (χ0) is 18.0. The monoisotopic (exact) mass is 351 g/mol. The Morgan fingerprint density at radius 2 is 2.04 bits per heavy atom. The van der Waals surface area contributed by atoms with Crippen molar-refractivity contribution in [1.82, 2.24) is 16.2 Å². The summed E-state index contributed by atoms with van der Waals surface area (Å²) in [5.74, 6) is 0.958. The van der Waals surface area contributed by atoms with Crippen LogP contribution in [0.1, 0.15) is 40.2 Å². The van der Waals surface area contributed by atoms with Crippen molar-refractivity contribution in [2.45, 2.75) is 52.2 Å². The van der Waals surface area contributed by atoms with Gasteiger partial charge in [0.1, 0.15) is 5.60 Å². The van der Waals surface area contributed by atoms with Crippen LogP contribution in [-0.4, -0.2) is 28.8 Å². The molecule has 0 fully saturated rings. The van der Waals surface area contributed by atoms with Crippen molar-refractivity contribution in [3.05, 3.63) is 23.8 Å². The molecule has 24 heavy (non-hydrogen) atoms. The van der Waals surface area contributed by atoms with Gasteiger partial charge in [-0.15, -0.1) is 0 Å². The van der Waals surface area contributed by atoms with Gasteiger partial charge in [0.15, 0.2) is 23.2 Å². The highest BCUT2D eigenvalue weighted by Crippen LogP contribution is 2.41. The molecule has 0 aromatic heterocycles. The molecule has 0 atom stereocenters. The Balaban J connectivity index is 1.84. The number of rotatable bonds is 3. The number of fused-ring (bicyclic) bond motifs is 1. The molecule has 1 aliphatic heterocycles. The van der Waals surface area contributed by atoms with Gasteiger partial charge in [-0.2, -0.15) is 0 Å². The smallest absolute Gasteiger partial charge is 0.276 e. The van der Waals surface area contributed by atoms with E-state index in [9.17, 15) is 4.79 Å². The van der Waals surface area contributed by atoms with Crippen LogP contribution >= 0.6 is 12.2 Å². The standard InChI is InChI=1S/C17H25N3O3S/c1-16(2,3)18-15(24)20-19-13(21)10-22-12-8-6-7-11-9-17(4,5)23-14(11)12/h6-8H,9-10H2,1-5H3,(H,19,21)(H2,18,20,24). The first kappa shape index (κ1) is 18.3. The Labute approximate surface area is 148 Å². The molecule has 0 radical (unpaired) electrons. The first-order chi connectivity index (χ1) is 11.1. The number of thiocarbonyl (C=S) groups is 1.